The first-order valence-corrected chi connectivity index (χ1v) is 8.72. The number of aromatic nitrogens is 2. The number of aromatic amines is 1. The van der Waals surface area contributed by atoms with E-state index in [9.17, 15) is 14.4 Å². The monoisotopic (exact) mass is 358 g/mol. The first kappa shape index (κ1) is 17.2. The van der Waals surface area contributed by atoms with Crippen LogP contribution in [-0.2, 0) is 16.1 Å². The molecule has 0 spiro atoms. The molecule has 0 fully saturated rings. The summed E-state index contributed by atoms with van der Waals surface area (Å²) in [5, 5.41) is 2.48. The van der Waals surface area contributed by atoms with Crippen molar-refractivity contribution in [1.82, 2.24) is 9.55 Å². The molecule has 0 amide bonds. The Labute approximate surface area is 148 Å². The molecule has 3 rings (SSSR count). The molecule has 0 saturated carbocycles. The van der Waals surface area contributed by atoms with Gasteiger partial charge in [-0.3, -0.25) is 19.0 Å². The van der Waals surface area contributed by atoms with Crippen LogP contribution in [0.25, 0.3) is 10.9 Å². The zero-order chi connectivity index (χ0) is 18.1. The number of hydrogen-bond donors (Lipinski definition) is 1. The van der Waals surface area contributed by atoms with Crippen molar-refractivity contribution in [2.24, 2.45) is 0 Å². The van der Waals surface area contributed by atoms with Crippen LogP contribution in [0.1, 0.15) is 28.7 Å². The number of aryl methyl sites for hydroxylation is 2. The number of ketones is 1. The highest BCUT2D eigenvalue weighted by Crippen LogP contribution is 2.23. The van der Waals surface area contributed by atoms with E-state index in [0.29, 0.717) is 11.3 Å². The molecular weight excluding hydrogens is 340 g/mol. The third-order valence-corrected chi connectivity index (χ3v) is 4.96. The van der Waals surface area contributed by atoms with Gasteiger partial charge in [-0.1, -0.05) is 29.5 Å². The maximum Gasteiger partial charge on any atom is 0.326 e. The lowest BCUT2D eigenvalue weighted by Crippen LogP contribution is -2.29. The molecule has 0 aliphatic rings. The predicted molar refractivity (Wildman–Crippen MR) is 96.2 cm³/mol. The molecule has 0 bridgehead atoms. The summed E-state index contributed by atoms with van der Waals surface area (Å²) in [5.74, 6) is -0.875. The first-order valence-electron chi connectivity index (χ1n) is 7.84. The molecule has 0 aliphatic carbocycles. The first-order chi connectivity index (χ1) is 11.9. The Kier molecular flexibility index (Phi) is 4.59. The minimum Gasteiger partial charge on any atom is -0.453 e. The van der Waals surface area contributed by atoms with Gasteiger partial charge in [0.05, 0.1) is 0 Å². The SMILES string of the molecule is Cc1[nH]c2ccccc2c1C(=O)[C@H](C)OC(=O)Cn1c(C)csc1=O. The summed E-state index contributed by atoms with van der Waals surface area (Å²) in [4.78, 5) is 39.5. The summed E-state index contributed by atoms with van der Waals surface area (Å²) in [6.45, 7) is 4.91. The highest BCUT2D eigenvalue weighted by molar-refractivity contribution is 7.07. The molecule has 7 heteroatoms. The van der Waals surface area contributed by atoms with E-state index in [1.807, 2.05) is 31.2 Å². The molecular formula is C18H18N2O4S. The van der Waals surface area contributed by atoms with Crippen LogP contribution < -0.4 is 4.87 Å². The van der Waals surface area contributed by atoms with Gasteiger partial charge in [0.25, 0.3) is 0 Å². The number of nitrogens with one attached hydrogen (secondary N) is 1. The fraction of sp³-hybridized carbons (Fsp3) is 0.278. The number of Topliss-reactive ketones (excluding diaryl/α,β-unsaturated/α-hetero) is 1. The number of benzene rings is 1. The van der Waals surface area contributed by atoms with E-state index < -0.39 is 12.1 Å². The highest BCUT2D eigenvalue weighted by atomic mass is 32.1. The largest absolute Gasteiger partial charge is 0.453 e. The van der Waals surface area contributed by atoms with Gasteiger partial charge in [0.1, 0.15) is 6.54 Å². The Morgan fingerprint density at radius 2 is 2.00 bits per heavy atom. The minimum absolute atomic E-state index is 0.196. The van der Waals surface area contributed by atoms with Crippen molar-refractivity contribution in [2.45, 2.75) is 33.4 Å². The number of nitrogens with zero attached hydrogens (tertiary/aromatic N) is 1. The highest BCUT2D eigenvalue weighted by Gasteiger charge is 2.24. The maximum absolute atomic E-state index is 12.7. The summed E-state index contributed by atoms with van der Waals surface area (Å²) >= 11 is 1.03. The van der Waals surface area contributed by atoms with Crippen molar-refractivity contribution in [2.75, 3.05) is 0 Å². The van der Waals surface area contributed by atoms with Crippen LogP contribution in [0.3, 0.4) is 0 Å². The third kappa shape index (κ3) is 3.28. The van der Waals surface area contributed by atoms with Crippen molar-refractivity contribution in [3.05, 3.63) is 56.3 Å². The number of carbonyl (C=O) groups is 2. The lowest BCUT2D eigenvalue weighted by atomic mass is 10.0. The van der Waals surface area contributed by atoms with E-state index in [1.165, 1.54) is 4.57 Å². The average molecular weight is 358 g/mol. The Bertz CT molecular complexity index is 1010. The Hall–Kier alpha value is -2.67. The fourth-order valence-corrected chi connectivity index (χ4v) is 3.55. The summed E-state index contributed by atoms with van der Waals surface area (Å²) in [5.41, 5.74) is 2.82. The normalized spacial score (nSPS) is 12.3. The summed E-state index contributed by atoms with van der Waals surface area (Å²) < 4.78 is 6.60. The van der Waals surface area contributed by atoms with Crippen LogP contribution in [0, 0.1) is 13.8 Å². The lowest BCUT2D eigenvalue weighted by molar-refractivity contribution is -0.147. The smallest absolute Gasteiger partial charge is 0.326 e. The zero-order valence-corrected chi connectivity index (χ0v) is 15.0. The second-order valence-corrected chi connectivity index (χ2v) is 6.72. The Balaban J connectivity index is 1.77. The van der Waals surface area contributed by atoms with Crippen LogP contribution in [0.5, 0.6) is 0 Å². The molecule has 0 unspecified atom stereocenters. The molecule has 2 aromatic heterocycles. The Morgan fingerprint density at radius 3 is 2.68 bits per heavy atom. The molecule has 130 valence electrons. The average Bonchev–Trinajstić information content (AvgIpc) is 3.07. The van der Waals surface area contributed by atoms with Gasteiger partial charge < -0.3 is 9.72 Å². The van der Waals surface area contributed by atoms with Crippen molar-refractivity contribution < 1.29 is 14.3 Å². The van der Waals surface area contributed by atoms with Crippen molar-refractivity contribution >= 4 is 34.0 Å². The van der Waals surface area contributed by atoms with E-state index >= 15 is 0 Å². The van der Waals surface area contributed by atoms with Crippen LogP contribution in [-0.4, -0.2) is 27.4 Å². The minimum atomic E-state index is -0.931. The van der Waals surface area contributed by atoms with Crippen molar-refractivity contribution in [3.8, 4) is 0 Å². The van der Waals surface area contributed by atoms with Crippen LogP contribution in [0.2, 0.25) is 0 Å². The molecule has 2 heterocycles. The van der Waals surface area contributed by atoms with E-state index in [4.69, 9.17) is 4.74 Å². The number of rotatable bonds is 5. The number of carbonyl (C=O) groups excluding carboxylic acids is 2. The summed E-state index contributed by atoms with van der Waals surface area (Å²) in [6.07, 6.45) is -0.931. The molecule has 6 nitrogen and oxygen atoms in total. The Morgan fingerprint density at radius 1 is 1.28 bits per heavy atom. The number of hydrogen-bond acceptors (Lipinski definition) is 5. The quantitative estimate of drug-likeness (QED) is 0.562. The van der Waals surface area contributed by atoms with Gasteiger partial charge in [0.2, 0.25) is 5.78 Å². The van der Waals surface area contributed by atoms with Gasteiger partial charge in [0, 0.05) is 33.2 Å². The van der Waals surface area contributed by atoms with Crippen LogP contribution in [0.15, 0.2) is 34.4 Å². The third-order valence-electron chi connectivity index (χ3n) is 4.08. The van der Waals surface area contributed by atoms with E-state index in [1.54, 1.807) is 19.2 Å². The van der Waals surface area contributed by atoms with Gasteiger partial charge in [-0.15, -0.1) is 0 Å². The fourth-order valence-electron chi connectivity index (χ4n) is 2.81. The zero-order valence-electron chi connectivity index (χ0n) is 14.2. The van der Waals surface area contributed by atoms with Gasteiger partial charge in [-0.2, -0.15) is 0 Å². The number of H-pyrrole nitrogens is 1. The van der Waals surface area contributed by atoms with Gasteiger partial charge in [0.15, 0.2) is 6.10 Å². The van der Waals surface area contributed by atoms with Gasteiger partial charge in [-0.05, 0) is 26.8 Å². The van der Waals surface area contributed by atoms with Crippen molar-refractivity contribution in [3.63, 3.8) is 0 Å². The second kappa shape index (κ2) is 6.68. The molecule has 0 saturated heterocycles. The molecule has 0 aliphatic heterocycles. The van der Waals surface area contributed by atoms with Crippen LogP contribution in [0.4, 0.5) is 0 Å². The topological polar surface area (TPSA) is 81.2 Å². The lowest BCUT2D eigenvalue weighted by Gasteiger charge is -2.13. The molecule has 1 N–H and O–H groups in total. The van der Waals surface area contributed by atoms with E-state index in [2.05, 4.69) is 4.98 Å². The van der Waals surface area contributed by atoms with E-state index in [0.717, 1.165) is 27.9 Å². The number of thiazole rings is 1. The molecule has 1 atom stereocenters. The maximum atomic E-state index is 12.7. The van der Waals surface area contributed by atoms with E-state index in [-0.39, 0.29) is 17.2 Å². The number of para-hydroxylation sites is 1. The molecule has 3 aromatic rings. The summed E-state index contributed by atoms with van der Waals surface area (Å²) in [6, 6.07) is 7.49. The number of esters is 1. The number of ether oxygens (including phenoxy) is 1. The van der Waals surface area contributed by atoms with Crippen LogP contribution >= 0.6 is 11.3 Å². The molecule has 1 aromatic carbocycles. The predicted octanol–water partition coefficient (Wildman–Crippen LogP) is 2.82. The van der Waals surface area contributed by atoms with Gasteiger partial charge in [-0.25, -0.2) is 0 Å². The van der Waals surface area contributed by atoms with Gasteiger partial charge >= 0.3 is 10.8 Å². The van der Waals surface area contributed by atoms with Crippen molar-refractivity contribution in [1.29, 1.82) is 0 Å². The number of fused-ring (bicyclic) bond motifs is 1. The molecule has 25 heavy (non-hydrogen) atoms. The molecule has 0 radical (unpaired) electrons. The summed E-state index contributed by atoms with van der Waals surface area (Å²) in [7, 11) is 0. The standard InChI is InChI=1S/C18H18N2O4S/c1-10-9-25-18(23)20(10)8-15(21)24-12(3)17(22)16-11(2)19-14-7-5-4-6-13(14)16/h4-7,9,12,19H,8H2,1-3H3/t12-/m0/s1. The second-order valence-electron chi connectivity index (χ2n) is 5.90.